The molecule has 3 aliphatic rings. The predicted molar refractivity (Wildman–Crippen MR) is 141 cm³/mol. The zero-order chi connectivity index (χ0) is 20.2. The highest BCUT2D eigenvalue weighted by atomic mass is 32.2. The molecule has 0 aromatic heterocycles. The van der Waals surface area contributed by atoms with Crippen molar-refractivity contribution in [1.82, 2.24) is 0 Å². The Hall–Kier alpha value is -0.160. The molecule has 0 amide bonds. The standard InChI is InChI=1S/C26H32S4/c1-2-8-20-16-28-25-13-6-14-26(25)30-18-22-10-4-3-9-21(22)17-29-24-12-5-11-23(24)27-15-19(20)7-1/h1-4,7-10,23-26H,5-6,11-18H2. The fourth-order valence-electron chi connectivity index (χ4n) is 5.01. The third kappa shape index (κ3) is 5.24. The zero-order valence-electron chi connectivity index (χ0n) is 17.6. The van der Waals surface area contributed by atoms with Crippen LogP contribution in [0.3, 0.4) is 0 Å². The lowest BCUT2D eigenvalue weighted by molar-refractivity contribution is 0.889. The smallest absolute Gasteiger partial charge is 0.0190 e. The van der Waals surface area contributed by atoms with E-state index in [-0.39, 0.29) is 0 Å². The fourth-order valence-corrected chi connectivity index (χ4v) is 11.4. The number of thioether (sulfide) groups is 4. The van der Waals surface area contributed by atoms with Gasteiger partial charge in [0.25, 0.3) is 0 Å². The molecular weight excluding hydrogens is 441 g/mol. The molecule has 4 heteroatoms. The van der Waals surface area contributed by atoms with E-state index in [1.54, 1.807) is 22.3 Å². The van der Waals surface area contributed by atoms with E-state index in [4.69, 9.17) is 0 Å². The van der Waals surface area contributed by atoms with Crippen molar-refractivity contribution in [1.29, 1.82) is 0 Å². The Kier molecular flexibility index (Phi) is 7.69. The summed E-state index contributed by atoms with van der Waals surface area (Å²) >= 11 is 8.95. The van der Waals surface area contributed by atoms with Gasteiger partial charge in [0.2, 0.25) is 0 Å². The minimum absolute atomic E-state index is 0.823. The summed E-state index contributed by atoms with van der Waals surface area (Å²) < 4.78 is 0. The maximum atomic E-state index is 2.39. The van der Waals surface area contributed by atoms with Crippen LogP contribution in [0.1, 0.15) is 60.8 Å². The number of hydrogen-bond acceptors (Lipinski definition) is 4. The van der Waals surface area contributed by atoms with Crippen molar-refractivity contribution in [2.45, 2.75) is 82.5 Å². The number of fused-ring (bicyclic) bond motifs is 4. The molecule has 0 radical (unpaired) electrons. The Labute approximate surface area is 199 Å². The van der Waals surface area contributed by atoms with Gasteiger partial charge in [-0.15, -0.1) is 0 Å². The molecule has 30 heavy (non-hydrogen) atoms. The zero-order valence-corrected chi connectivity index (χ0v) is 20.9. The van der Waals surface area contributed by atoms with Crippen LogP contribution in [0.15, 0.2) is 48.5 Å². The van der Waals surface area contributed by atoms with Crippen LogP contribution in [-0.4, -0.2) is 21.0 Å². The largest absolute Gasteiger partial charge is 0.153 e. The molecule has 0 bridgehead atoms. The Morgan fingerprint density at radius 2 is 0.700 bits per heavy atom. The number of hydrogen-bond donors (Lipinski definition) is 0. The Bertz CT molecular complexity index is 700. The first-order valence-electron chi connectivity index (χ1n) is 11.5. The topological polar surface area (TPSA) is 0 Å². The van der Waals surface area contributed by atoms with E-state index in [2.05, 4.69) is 95.6 Å². The van der Waals surface area contributed by atoms with Crippen molar-refractivity contribution >= 4 is 47.0 Å². The van der Waals surface area contributed by atoms with Crippen molar-refractivity contribution < 1.29 is 0 Å². The van der Waals surface area contributed by atoms with E-state index >= 15 is 0 Å². The molecule has 4 atom stereocenters. The molecule has 0 spiro atoms. The van der Waals surface area contributed by atoms with Crippen LogP contribution >= 0.6 is 47.0 Å². The average Bonchev–Trinajstić information content (AvgIpc) is 3.42. The van der Waals surface area contributed by atoms with E-state index in [0.29, 0.717) is 0 Å². The molecule has 0 N–H and O–H groups in total. The second-order valence-corrected chi connectivity index (χ2v) is 13.7. The lowest BCUT2D eigenvalue weighted by atomic mass is 10.1. The Morgan fingerprint density at radius 3 is 0.967 bits per heavy atom. The maximum Gasteiger partial charge on any atom is 0.0190 e. The van der Waals surface area contributed by atoms with Gasteiger partial charge in [-0.1, -0.05) is 61.4 Å². The van der Waals surface area contributed by atoms with Gasteiger partial charge < -0.3 is 0 Å². The third-order valence-corrected chi connectivity index (χ3v) is 13.1. The Balaban J connectivity index is 1.38. The monoisotopic (exact) mass is 472 g/mol. The minimum atomic E-state index is 0.823. The van der Waals surface area contributed by atoms with E-state index in [1.807, 2.05) is 0 Å². The van der Waals surface area contributed by atoms with Crippen LogP contribution in [0, 0.1) is 0 Å². The van der Waals surface area contributed by atoms with Crippen molar-refractivity contribution in [3.63, 3.8) is 0 Å². The van der Waals surface area contributed by atoms with Crippen LogP contribution in [-0.2, 0) is 23.0 Å². The summed E-state index contributed by atoms with van der Waals surface area (Å²) in [5.41, 5.74) is 6.35. The van der Waals surface area contributed by atoms with Crippen LogP contribution in [0.5, 0.6) is 0 Å². The molecule has 2 fully saturated rings. The van der Waals surface area contributed by atoms with Gasteiger partial charge in [-0.25, -0.2) is 0 Å². The van der Waals surface area contributed by atoms with Crippen molar-refractivity contribution in [2.24, 2.45) is 0 Å². The first-order chi connectivity index (χ1) is 14.9. The molecule has 1 heterocycles. The summed E-state index contributed by atoms with van der Waals surface area (Å²) in [4.78, 5) is 0. The molecule has 5 rings (SSSR count). The molecule has 160 valence electrons. The molecule has 2 saturated carbocycles. The predicted octanol–water partition coefficient (Wildman–Crippen LogP) is 8.18. The molecule has 2 aromatic rings. The summed E-state index contributed by atoms with van der Waals surface area (Å²) in [6.07, 6.45) is 8.43. The lowest BCUT2D eigenvalue weighted by Gasteiger charge is -2.23. The van der Waals surface area contributed by atoms with Crippen molar-refractivity contribution in [2.75, 3.05) is 0 Å². The Morgan fingerprint density at radius 1 is 0.433 bits per heavy atom. The first-order valence-corrected chi connectivity index (χ1v) is 15.7. The van der Waals surface area contributed by atoms with E-state index < -0.39 is 0 Å². The molecule has 2 aliphatic carbocycles. The highest BCUT2D eigenvalue weighted by molar-refractivity contribution is 8.03. The second kappa shape index (κ2) is 10.6. The van der Waals surface area contributed by atoms with E-state index in [1.165, 1.54) is 61.5 Å². The highest BCUT2D eigenvalue weighted by Crippen LogP contribution is 2.43. The first kappa shape index (κ1) is 21.7. The molecular formula is C26H32S4. The van der Waals surface area contributed by atoms with E-state index in [9.17, 15) is 0 Å². The van der Waals surface area contributed by atoms with Crippen LogP contribution in [0.25, 0.3) is 0 Å². The van der Waals surface area contributed by atoms with Gasteiger partial charge >= 0.3 is 0 Å². The molecule has 4 unspecified atom stereocenters. The molecule has 0 saturated heterocycles. The van der Waals surface area contributed by atoms with E-state index in [0.717, 1.165) is 21.0 Å². The average molecular weight is 473 g/mol. The van der Waals surface area contributed by atoms with Crippen molar-refractivity contribution in [3.8, 4) is 0 Å². The summed E-state index contributed by atoms with van der Waals surface area (Å²) in [5.74, 6) is 4.77. The number of benzene rings is 2. The van der Waals surface area contributed by atoms with Gasteiger partial charge in [-0.05, 0) is 47.9 Å². The maximum absolute atomic E-state index is 2.39. The fraction of sp³-hybridized carbons (Fsp3) is 0.538. The molecule has 0 nitrogen and oxygen atoms in total. The summed E-state index contributed by atoms with van der Waals surface area (Å²) in [7, 11) is 0. The van der Waals surface area contributed by atoms with Gasteiger partial charge in [0, 0.05) is 44.0 Å². The summed E-state index contributed by atoms with van der Waals surface area (Å²) in [6, 6.07) is 18.5. The van der Waals surface area contributed by atoms with Gasteiger partial charge in [0.05, 0.1) is 0 Å². The van der Waals surface area contributed by atoms with Gasteiger partial charge in [0.15, 0.2) is 0 Å². The van der Waals surface area contributed by atoms with Gasteiger partial charge in [-0.3, -0.25) is 0 Å². The second-order valence-electron chi connectivity index (χ2n) is 8.80. The summed E-state index contributed by atoms with van der Waals surface area (Å²) in [5, 5.41) is 3.29. The van der Waals surface area contributed by atoms with Gasteiger partial charge in [-0.2, -0.15) is 47.0 Å². The van der Waals surface area contributed by atoms with Gasteiger partial charge in [0.1, 0.15) is 0 Å². The van der Waals surface area contributed by atoms with Crippen LogP contribution in [0.4, 0.5) is 0 Å². The lowest BCUT2D eigenvalue weighted by Crippen LogP contribution is -2.15. The SMILES string of the molecule is c1ccc2c(c1)CSC1CCCC1SCc1ccccc1CSC1CCCC1SC2. The minimum Gasteiger partial charge on any atom is -0.153 e. The molecule has 1 aliphatic heterocycles. The quantitative estimate of drug-likeness (QED) is 0.379. The van der Waals surface area contributed by atoms with Crippen LogP contribution in [0.2, 0.25) is 0 Å². The normalized spacial score (nSPS) is 30.1. The van der Waals surface area contributed by atoms with Crippen molar-refractivity contribution in [3.05, 3.63) is 70.8 Å². The third-order valence-electron chi connectivity index (χ3n) is 6.83. The van der Waals surface area contributed by atoms with Crippen LogP contribution < -0.4 is 0 Å². The molecule has 2 aromatic carbocycles. The number of rotatable bonds is 0. The highest BCUT2D eigenvalue weighted by Gasteiger charge is 2.30. The summed E-state index contributed by atoms with van der Waals surface area (Å²) in [6.45, 7) is 0.